The predicted molar refractivity (Wildman–Crippen MR) is 80.5 cm³/mol. The van der Waals surface area contributed by atoms with Crippen LogP contribution in [0.1, 0.15) is 26.7 Å². The number of nitrogens with one attached hydrogen (secondary N) is 1. The summed E-state index contributed by atoms with van der Waals surface area (Å²) in [6.45, 7) is 5.09. The first kappa shape index (κ1) is 18.9. The third kappa shape index (κ3) is 5.54. The van der Waals surface area contributed by atoms with Crippen LogP contribution in [0.2, 0.25) is 0 Å². The molecule has 0 saturated carbocycles. The lowest BCUT2D eigenvalue weighted by Crippen LogP contribution is -2.52. The van der Waals surface area contributed by atoms with E-state index in [-0.39, 0.29) is 31.3 Å². The topological polar surface area (TPSA) is 107 Å². The van der Waals surface area contributed by atoms with E-state index in [0.717, 1.165) is 6.26 Å². The van der Waals surface area contributed by atoms with Crippen LogP contribution in [-0.4, -0.2) is 67.1 Å². The van der Waals surface area contributed by atoms with E-state index < -0.39 is 21.8 Å². The summed E-state index contributed by atoms with van der Waals surface area (Å²) in [7, 11) is -3.24. The van der Waals surface area contributed by atoms with Crippen LogP contribution < -0.4 is 5.48 Å². The van der Waals surface area contributed by atoms with Crippen LogP contribution in [0, 0.1) is 11.8 Å². The van der Waals surface area contributed by atoms with Crippen molar-refractivity contribution in [2.24, 2.45) is 11.8 Å². The standard InChI is InChI=1S/C13H25N3O5S/c1-10(2)8-11(9-12(17)14-19)13(18)15-4-6-16(7-5-15)22(3,20)21/h10-11,19H,4-9H2,1-3H3,(H,14,17)/t11-/m1/s1. The smallest absolute Gasteiger partial charge is 0.244 e. The highest BCUT2D eigenvalue weighted by atomic mass is 32.2. The summed E-state index contributed by atoms with van der Waals surface area (Å²) in [4.78, 5) is 25.5. The Bertz CT molecular complexity index is 498. The molecular weight excluding hydrogens is 310 g/mol. The van der Waals surface area contributed by atoms with Gasteiger partial charge in [0.25, 0.3) is 0 Å². The molecule has 1 aliphatic heterocycles. The van der Waals surface area contributed by atoms with Crippen molar-refractivity contribution in [2.45, 2.75) is 26.7 Å². The number of amides is 2. The van der Waals surface area contributed by atoms with Crippen molar-refractivity contribution in [1.82, 2.24) is 14.7 Å². The van der Waals surface area contributed by atoms with Gasteiger partial charge in [-0.1, -0.05) is 13.8 Å². The number of carbonyl (C=O) groups excluding carboxylic acids is 2. The molecule has 0 aromatic heterocycles. The molecule has 0 spiro atoms. The largest absolute Gasteiger partial charge is 0.340 e. The molecule has 0 unspecified atom stereocenters. The molecule has 128 valence electrons. The van der Waals surface area contributed by atoms with Gasteiger partial charge in [-0.2, -0.15) is 4.31 Å². The van der Waals surface area contributed by atoms with Gasteiger partial charge in [-0.15, -0.1) is 0 Å². The Hall–Kier alpha value is -1.19. The molecule has 9 heteroatoms. The number of piperazine rings is 1. The van der Waals surface area contributed by atoms with Crippen molar-refractivity contribution >= 4 is 21.8 Å². The first-order chi connectivity index (χ1) is 10.1. The molecule has 0 aromatic rings. The Kier molecular flexibility index (Phi) is 6.76. The van der Waals surface area contributed by atoms with Gasteiger partial charge in [0.1, 0.15) is 0 Å². The highest BCUT2D eigenvalue weighted by Crippen LogP contribution is 2.20. The van der Waals surface area contributed by atoms with E-state index in [1.54, 1.807) is 10.4 Å². The average molecular weight is 335 g/mol. The maximum Gasteiger partial charge on any atom is 0.244 e. The highest BCUT2D eigenvalue weighted by molar-refractivity contribution is 7.88. The minimum Gasteiger partial charge on any atom is -0.340 e. The first-order valence-electron chi connectivity index (χ1n) is 7.32. The third-order valence-corrected chi connectivity index (χ3v) is 4.98. The second-order valence-corrected chi connectivity index (χ2v) is 8.04. The Morgan fingerprint density at radius 2 is 1.73 bits per heavy atom. The summed E-state index contributed by atoms with van der Waals surface area (Å²) in [5.74, 6) is -1.02. The van der Waals surface area contributed by atoms with Crippen molar-refractivity contribution in [3.8, 4) is 0 Å². The monoisotopic (exact) mass is 335 g/mol. The molecule has 1 atom stereocenters. The molecule has 1 fully saturated rings. The van der Waals surface area contributed by atoms with Gasteiger partial charge in [0.2, 0.25) is 21.8 Å². The number of hydrogen-bond donors (Lipinski definition) is 2. The average Bonchev–Trinajstić information content (AvgIpc) is 2.44. The van der Waals surface area contributed by atoms with Crippen LogP contribution in [0.15, 0.2) is 0 Å². The Morgan fingerprint density at radius 3 is 2.14 bits per heavy atom. The van der Waals surface area contributed by atoms with Crippen LogP contribution in [0.4, 0.5) is 0 Å². The van der Waals surface area contributed by atoms with Gasteiger partial charge in [0.05, 0.1) is 6.26 Å². The number of carbonyl (C=O) groups is 2. The van der Waals surface area contributed by atoms with Crippen LogP contribution in [0.5, 0.6) is 0 Å². The lowest BCUT2D eigenvalue weighted by atomic mass is 9.92. The molecular formula is C13H25N3O5S. The van der Waals surface area contributed by atoms with Crippen LogP contribution in [0.3, 0.4) is 0 Å². The van der Waals surface area contributed by atoms with Crippen molar-refractivity contribution in [3.63, 3.8) is 0 Å². The molecule has 0 aliphatic carbocycles. The maximum atomic E-state index is 12.5. The van der Waals surface area contributed by atoms with Crippen molar-refractivity contribution < 1.29 is 23.2 Å². The van der Waals surface area contributed by atoms with E-state index in [9.17, 15) is 18.0 Å². The van der Waals surface area contributed by atoms with Crippen LogP contribution in [0.25, 0.3) is 0 Å². The molecule has 1 rings (SSSR count). The number of hydroxylamine groups is 1. The zero-order valence-corrected chi connectivity index (χ0v) is 14.1. The van der Waals surface area contributed by atoms with Crippen molar-refractivity contribution in [1.29, 1.82) is 0 Å². The van der Waals surface area contributed by atoms with Gasteiger partial charge in [-0.25, -0.2) is 13.9 Å². The lowest BCUT2D eigenvalue weighted by Gasteiger charge is -2.35. The minimum absolute atomic E-state index is 0.0696. The number of rotatable bonds is 6. The predicted octanol–water partition coefficient (Wildman–Crippen LogP) is -0.352. The fourth-order valence-corrected chi connectivity index (χ4v) is 3.43. The third-order valence-electron chi connectivity index (χ3n) is 3.68. The van der Waals surface area contributed by atoms with Crippen molar-refractivity contribution in [2.75, 3.05) is 32.4 Å². The van der Waals surface area contributed by atoms with E-state index >= 15 is 0 Å². The van der Waals surface area contributed by atoms with Gasteiger partial charge in [-0.05, 0) is 12.3 Å². The summed E-state index contributed by atoms with van der Waals surface area (Å²) in [6.07, 6.45) is 1.62. The van der Waals surface area contributed by atoms with E-state index in [1.807, 2.05) is 13.8 Å². The fraction of sp³-hybridized carbons (Fsp3) is 0.846. The van der Waals surface area contributed by atoms with E-state index in [0.29, 0.717) is 19.5 Å². The summed E-state index contributed by atoms with van der Waals surface area (Å²) < 4.78 is 24.3. The first-order valence-corrected chi connectivity index (χ1v) is 9.16. The fourth-order valence-electron chi connectivity index (χ4n) is 2.61. The Morgan fingerprint density at radius 1 is 1.18 bits per heavy atom. The molecule has 1 saturated heterocycles. The number of hydrogen-bond acceptors (Lipinski definition) is 5. The number of nitrogens with zero attached hydrogens (tertiary/aromatic N) is 2. The lowest BCUT2D eigenvalue weighted by molar-refractivity contribution is -0.141. The van der Waals surface area contributed by atoms with Crippen molar-refractivity contribution in [3.05, 3.63) is 0 Å². The van der Waals surface area contributed by atoms with Crippen LogP contribution in [-0.2, 0) is 19.6 Å². The quantitative estimate of drug-likeness (QED) is 0.509. The molecule has 2 amide bonds. The zero-order chi connectivity index (χ0) is 16.9. The Labute approximate surface area is 131 Å². The summed E-state index contributed by atoms with van der Waals surface area (Å²) in [5.41, 5.74) is 1.56. The van der Waals surface area contributed by atoms with Gasteiger partial charge in [0, 0.05) is 38.5 Å². The van der Waals surface area contributed by atoms with Gasteiger partial charge in [-0.3, -0.25) is 14.8 Å². The minimum atomic E-state index is -3.24. The molecule has 1 heterocycles. The normalized spacial score (nSPS) is 18.3. The number of sulfonamides is 1. The summed E-state index contributed by atoms with van der Waals surface area (Å²) in [5, 5.41) is 8.64. The molecule has 1 aliphatic rings. The summed E-state index contributed by atoms with van der Waals surface area (Å²) >= 11 is 0. The second-order valence-electron chi connectivity index (χ2n) is 6.05. The van der Waals surface area contributed by atoms with Crippen LogP contribution >= 0.6 is 0 Å². The Balaban J connectivity index is 2.68. The van der Waals surface area contributed by atoms with Gasteiger partial charge in [0.15, 0.2) is 0 Å². The summed E-state index contributed by atoms with van der Waals surface area (Å²) in [6, 6.07) is 0. The zero-order valence-electron chi connectivity index (χ0n) is 13.3. The second kappa shape index (κ2) is 7.89. The maximum absolute atomic E-state index is 12.5. The van der Waals surface area contributed by atoms with E-state index in [2.05, 4.69) is 0 Å². The molecule has 0 radical (unpaired) electrons. The van der Waals surface area contributed by atoms with E-state index in [4.69, 9.17) is 5.21 Å². The molecule has 8 nitrogen and oxygen atoms in total. The van der Waals surface area contributed by atoms with Gasteiger partial charge >= 0.3 is 0 Å². The van der Waals surface area contributed by atoms with E-state index in [1.165, 1.54) is 4.31 Å². The molecule has 2 N–H and O–H groups in total. The highest BCUT2D eigenvalue weighted by Gasteiger charge is 2.31. The molecule has 0 aromatic carbocycles. The molecule has 0 bridgehead atoms. The molecule has 22 heavy (non-hydrogen) atoms. The van der Waals surface area contributed by atoms with Gasteiger partial charge < -0.3 is 4.90 Å². The SMILES string of the molecule is CC(C)C[C@H](CC(=O)NO)C(=O)N1CCN(S(C)(=O)=O)CC1.